The lowest BCUT2D eigenvalue weighted by Gasteiger charge is -2.05. The molecule has 1 aromatic carbocycles. The van der Waals surface area contributed by atoms with E-state index >= 15 is 0 Å². The Balaban J connectivity index is 3.12. The van der Waals surface area contributed by atoms with Gasteiger partial charge in [0.25, 0.3) is 0 Å². The van der Waals surface area contributed by atoms with Gasteiger partial charge < -0.3 is 0 Å². The highest BCUT2D eigenvalue weighted by Gasteiger charge is 2.04. The molecule has 0 aromatic heterocycles. The molecule has 0 saturated carbocycles. The molecule has 1 unspecified atom stereocenters. The van der Waals surface area contributed by atoms with E-state index in [-0.39, 0.29) is 5.38 Å². The molecule has 0 aliphatic carbocycles. The summed E-state index contributed by atoms with van der Waals surface area (Å²) in [6, 6.07) is 7.76. The third kappa shape index (κ3) is 2.01. The molecule has 1 atom stereocenters. The Bertz CT molecular complexity index is 255. The van der Waals surface area contributed by atoms with Crippen LogP contribution in [0.25, 0.3) is 0 Å². The first-order valence-electron chi connectivity index (χ1n) is 3.37. The Morgan fingerprint density at radius 2 is 2.09 bits per heavy atom. The molecule has 0 spiro atoms. The molecule has 57 valence electrons. The van der Waals surface area contributed by atoms with Gasteiger partial charge in [0.15, 0.2) is 0 Å². The fourth-order valence-corrected chi connectivity index (χ4v) is 1.31. The summed E-state index contributed by atoms with van der Waals surface area (Å²) in [5.74, 6) is 0. The van der Waals surface area contributed by atoms with Crippen LogP contribution in [-0.2, 0) is 0 Å². The molecule has 0 N–H and O–H groups in total. The number of hydrogen-bond donors (Lipinski definition) is 0. The van der Waals surface area contributed by atoms with Crippen molar-refractivity contribution in [2.75, 3.05) is 0 Å². The predicted molar refractivity (Wildman–Crippen MR) is 52.4 cm³/mol. The first kappa shape index (κ1) is 8.69. The summed E-state index contributed by atoms with van der Waals surface area (Å²) < 4.78 is 0. The Morgan fingerprint density at radius 3 is 2.55 bits per heavy atom. The molecule has 0 amide bonds. The van der Waals surface area contributed by atoms with Gasteiger partial charge in [0.1, 0.15) is 0 Å². The van der Waals surface area contributed by atoms with Crippen LogP contribution in [-0.4, -0.2) is 5.37 Å². The molecule has 1 aromatic rings. The van der Waals surface area contributed by atoms with Gasteiger partial charge in [-0.25, -0.2) is 0 Å². The molecule has 0 nitrogen and oxygen atoms in total. The van der Waals surface area contributed by atoms with Gasteiger partial charge in [0.05, 0.1) is 10.7 Å². The molecular formula is C9H8ClS. The fraction of sp³-hybridized carbons (Fsp3) is 0.222. The molecule has 0 bridgehead atoms. The second-order valence-electron chi connectivity index (χ2n) is 2.31. The van der Waals surface area contributed by atoms with E-state index in [2.05, 4.69) is 5.37 Å². The van der Waals surface area contributed by atoms with Crippen LogP contribution in [0.3, 0.4) is 0 Å². The van der Waals surface area contributed by atoms with Crippen LogP contribution < -0.4 is 0 Å². The Morgan fingerprint density at radius 1 is 1.45 bits per heavy atom. The van der Waals surface area contributed by atoms with E-state index in [4.69, 9.17) is 23.8 Å². The minimum absolute atomic E-state index is 0.00153. The van der Waals surface area contributed by atoms with Crippen molar-refractivity contribution in [1.29, 1.82) is 0 Å². The molecule has 1 rings (SSSR count). The lowest BCUT2D eigenvalue weighted by molar-refractivity contribution is 1.08. The quantitative estimate of drug-likeness (QED) is 0.501. The molecule has 0 heterocycles. The SMILES string of the molecule is CC(Cl)c1ccccc1[C]=S. The van der Waals surface area contributed by atoms with E-state index in [1.165, 1.54) is 0 Å². The van der Waals surface area contributed by atoms with Crippen LogP contribution in [0.15, 0.2) is 24.3 Å². The van der Waals surface area contributed by atoms with Crippen LogP contribution in [0, 0.1) is 0 Å². The Labute approximate surface area is 77.2 Å². The van der Waals surface area contributed by atoms with Crippen LogP contribution in [0.5, 0.6) is 0 Å². The van der Waals surface area contributed by atoms with Crippen molar-refractivity contribution < 1.29 is 0 Å². The Kier molecular flexibility index (Phi) is 3.03. The zero-order valence-corrected chi connectivity index (χ0v) is 7.75. The molecule has 0 saturated heterocycles. The second kappa shape index (κ2) is 3.84. The van der Waals surface area contributed by atoms with Gasteiger partial charge in [-0.05, 0) is 18.1 Å². The topological polar surface area (TPSA) is 0 Å². The van der Waals surface area contributed by atoms with Gasteiger partial charge in [-0.15, -0.1) is 11.6 Å². The van der Waals surface area contributed by atoms with Gasteiger partial charge in [-0.2, -0.15) is 0 Å². The molecule has 2 heteroatoms. The summed E-state index contributed by atoms with van der Waals surface area (Å²) in [5, 5.41) is 2.68. The number of benzene rings is 1. The van der Waals surface area contributed by atoms with E-state index in [9.17, 15) is 0 Å². The van der Waals surface area contributed by atoms with Crippen LogP contribution in [0.4, 0.5) is 0 Å². The van der Waals surface area contributed by atoms with Crippen molar-refractivity contribution in [3.05, 3.63) is 35.4 Å². The van der Waals surface area contributed by atoms with E-state index in [1.807, 2.05) is 31.2 Å². The molecule has 0 aliphatic heterocycles. The molecule has 0 aliphatic rings. The third-order valence-electron chi connectivity index (χ3n) is 1.50. The van der Waals surface area contributed by atoms with Crippen molar-refractivity contribution in [3.8, 4) is 0 Å². The van der Waals surface area contributed by atoms with Crippen molar-refractivity contribution in [2.45, 2.75) is 12.3 Å². The van der Waals surface area contributed by atoms with Crippen LogP contribution in [0.2, 0.25) is 0 Å². The zero-order valence-electron chi connectivity index (χ0n) is 6.17. The summed E-state index contributed by atoms with van der Waals surface area (Å²) in [6.07, 6.45) is 0. The largest absolute Gasteiger partial charge is 0.118 e. The number of alkyl halides is 1. The number of rotatable bonds is 2. The highest BCUT2D eigenvalue weighted by atomic mass is 35.5. The van der Waals surface area contributed by atoms with Crippen molar-refractivity contribution >= 4 is 29.2 Å². The van der Waals surface area contributed by atoms with Gasteiger partial charge in [0.2, 0.25) is 0 Å². The van der Waals surface area contributed by atoms with E-state index in [0.717, 1.165) is 11.1 Å². The minimum Gasteiger partial charge on any atom is -0.118 e. The third-order valence-corrected chi connectivity index (χ3v) is 1.95. The minimum atomic E-state index is 0.00153. The number of halogens is 1. The van der Waals surface area contributed by atoms with Crippen molar-refractivity contribution in [1.82, 2.24) is 0 Å². The molecule has 11 heavy (non-hydrogen) atoms. The maximum atomic E-state index is 5.90. The monoisotopic (exact) mass is 183 g/mol. The summed E-state index contributed by atoms with van der Waals surface area (Å²) in [6.45, 7) is 1.92. The molecule has 1 radical (unpaired) electrons. The fourth-order valence-electron chi connectivity index (χ4n) is 0.937. The first-order chi connectivity index (χ1) is 5.25. The number of thiocarbonyl (C=S) groups is 1. The summed E-state index contributed by atoms with van der Waals surface area (Å²) in [7, 11) is 0. The lowest BCUT2D eigenvalue weighted by Crippen LogP contribution is -1.90. The Hall–Kier alpha value is -0.400. The van der Waals surface area contributed by atoms with Gasteiger partial charge in [0, 0.05) is 0 Å². The summed E-state index contributed by atoms with van der Waals surface area (Å²) in [4.78, 5) is 0. The van der Waals surface area contributed by atoms with Crippen LogP contribution in [0.1, 0.15) is 23.4 Å². The average Bonchev–Trinajstić information content (AvgIpc) is 2.04. The van der Waals surface area contributed by atoms with E-state index in [0.29, 0.717) is 0 Å². The molecular weight excluding hydrogens is 176 g/mol. The smallest absolute Gasteiger partial charge is 0.0639 e. The molecule has 0 fully saturated rings. The predicted octanol–water partition coefficient (Wildman–Crippen LogP) is 3.21. The second-order valence-corrected chi connectivity index (χ2v) is 3.16. The van der Waals surface area contributed by atoms with E-state index in [1.54, 1.807) is 0 Å². The van der Waals surface area contributed by atoms with Gasteiger partial charge in [-0.1, -0.05) is 36.5 Å². The maximum absolute atomic E-state index is 5.90. The lowest BCUT2D eigenvalue weighted by atomic mass is 10.1. The normalized spacial score (nSPS) is 12.5. The van der Waals surface area contributed by atoms with E-state index < -0.39 is 0 Å². The standard InChI is InChI=1S/C9H8ClS/c1-7(10)9-5-3-2-4-8(9)6-11/h2-5,7H,1H3. The maximum Gasteiger partial charge on any atom is 0.0639 e. The van der Waals surface area contributed by atoms with Crippen molar-refractivity contribution in [3.63, 3.8) is 0 Å². The highest BCUT2D eigenvalue weighted by molar-refractivity contribution is 7.79. The zero-order chi connectivity index (χ0) is 8.27. The van der Waals surface area contributed by atoms with Crippen molar-refractivity contribution in [2.24, 2.45) is 0 Å². The summed E-state index contributed by atoms with van der Waals surface area (Å²) >= 11 is 10.6. The average molecular weight is 184 g/mol. The number of hydrogen-bond acceptors (Lipinski definition) is 1. The highest BCUT2D eigenvalue weighted by Crippen LogP contribution is 2.21. The first-order valence-corrected chi connectivity index (χ1v) is 4.21. The summed E-state index contributed by atoms with van der Waals surface area (Å²) in [5.41, 5.74) is 1.97. The van der Waals surface area contributed by atoms with Gasteiger partial charge in [-0.3, -0.25) is 0 Å². The van der Waals surface area contributed by atoms with Gasteiger partial charge >= 0.3 is 0 Å². The van der Waals surface area contributed by atoms with Crippen LogP contribution >= 0.6 is 23.8 Å².